The molecule has 0 bridgehead atoms. The van der Waals surface area contributed by atoms with Gasteiger partial charge in [0, 0.05) is 23.2 Å². The Labute approximate surface area is 149 Å². The molecule has 0 saturated carbocycles. The number of benzene rings is 2. The number of rotatable bonds is 3. The summed E-state index contributed by atoms with van der Waals surface area (Å²) in [7, 11) is -2.83. The maximum absolute atomic E-state index is 11.3. The first-order valence-corrected chi connectivity index (χ1v) is 8.81. The average molecular weight is 375 g/mol. The van der Waals surface area contributed by atoms with Crippen LogP contribution in [0.15, 0.2) is 47.5 Å². The van der Waals surface area contributed by atoms with Crippen LogP contribution in [0, 0.1) is 11.3 Å². The standard InChI is InChI=1S/C17H11ClN2O4S/c1-24-16-8-15(18)11(9-19)7-14(16)17-13-3-2-12(25(21,22)23)6-10(13)4-5-20-17/h2-8H,1H3,(H,21,22,23). The van der Waals surface area contributed by atoms with E-state index >= 15 is 0 Å². The van der Waals surface area contributed by atoms with Crippen molar-refractivity contribution in [1.29, 1.82) is 5.26 Å². The zero-order valence-corrected chi connectivity index (χ0v) is 14.5. The summed E-state index contributed by atoms with van der Waals surface area (Å²) >= 11 is 6.04. The van der Waals surface area contributed by atoms with Gasteiger partial charge in [0.1, 0.15) is 11.8 Å². The summed E-state index contributed by atoms with van der Waals surface area (Å²) in [5, 5.41) is 10.7. The quantitative estimate of drug-likeness (QED) is 0.702. The van der Waals surface area contributed by atoms with Crippen molar-refractivity contribution in [2.75, 3.05) is 7.11 Å². The van der Waals surface area contributed by atoms with Crippen molar-refractivity contribution in [2.45, 2.75) is 4.90 Å². The maximum Gasteiger partial charge on any atom is 0.294 e. The lowest BCUT2D eigenvalue weighted by Gasteiger charge is -2.12. The second-order valence-corrected chi connectivity index (χ2v) is 6.99. The van der Waals surface area contributed by atoms with Gasteiger partial charge in [-0.2, -0.15) is 13.7 Å². The van der Waals surface area contributed by atoms with Crippen molar-refractivity contribution in [2.24, 2.45) is 0 Å². The fraction of sp³-hybridized carbons (Fsp3) is 0.0588. The van der Waals surface area contributed by atoms with E-state index in [0.29, 0.717) is 27.8 Å². The molecule has 8 heteroatoms. The van der Waals surface area contributed by atoms with Gasteiger partial charge in [-0.3, -0.25) is 9.54 Å². The lowest BCUT2D eigenvalue weighted by Crippen LogP contribution is -1.98. The molecule has 2 aromatic carbocycles. The van der Waals surface area contributed by atoms with Gasteiger partial charge in [0.2, 0.25) is 0 Å². The Hall–Kier alpha value is -2.66. The third kappa shape index (κ3) is 3.15. The van der Waals surface area contributed by atoms with E-state index in [0.717, 1.165) is 0 Å². The van der Waals surface area contributed by atoms with E-state index in [1.54, 1.807) is 18.2 Å². The minimum absolute atomic E-state index is 0.210. The summed E-state index contributed by atoms with van der Waals surface area (Å²) in [4.78, 5) is 4.13. The van der Waals surface area contributed by atoms with Crippen LogP contribution in [0.3, 0.4) is 0 Å². The van der Waals surface area contributed by atoms with E-state index in [-0.39, 0.29) is 15.5 Å². The second kappa shape index (κ2) is 6.33. The fourth-order valence-electron chi connectivity index (χ4n) is 2.53. The van der Waals surface area contributed by atoms with Crippen LogP contribution >= 0.6 is 11.6 Å². The molecule has 25 heavy (non-hydrogen) atoms. The number of halogens is 1. The van der Waals surface area contributed by atoms with Gasteiger partial charge in [0.05, 0.1) is 28.3 Å². The highest BCUT2D eigenvalue weighted by Gasteiger charge is 2.16. The summed E-state index contributed by atoms with van der Waals surface area (Å²) in [5.74, 6) is 0.433. The molecule has 0 atom stereocenters. The lowest BCUT2D eigenvalue weighted by atomic mass is 10.0. The molecule has 0 aliphatic rings. The van der Waals surface area contributed by atoms with Crippen molar-refractivity contribution in [3.05, 3.63) is 53.2 Å². The Bertz CT molecular complexity index is 1140. The van der Waals surface area contributed by atoms with Crippen molar-refractivity contribution in [3.8, 4) is 23.1 Å². The Morgan fingerprint density at radius 2 is 2.00 bits per heavy atom. The van der Waals surface area contributed by atoms with Gasteiger partial charge >= 0.3 is 0 Å². The van der Waals surface area contributed by atoms with E-state index in [4.69, 9.17) is 16.3 Å². The van der Waals surface area contributed by atoms with Crippen molar-refractivity contribution >= 4 is 32.5 Å². The second-order valence-electron chi connectivity index (χ2n) is 5.16. The minimum Gasteiger partial charge on any atom is -0.496 e. The number of pyridine rings is 1. The number of hydrogen-bond donors (Lipinski definition) is 1. The molecular formula is C17H11ClN2O4S. The molecule has 0 aliphatic carbocycles. The SMILES string of the molecule is COc1cc(Cl)c(C#N)cc1-c1nccc2cc(S(=O)(=O)O)ccc12. The van der Waals surface area contributed by atoms with Crippen molar-refractivity contribution in [1.82, 2.24) is 4.98 Å². The Balaban J connectivity index is 2.32. The van der Waals surface area contributed by atoms with Crippen LogP contribution in [-0.2, 0) is 10.1 Å². The number of aromatic nitrogens is 1. The fourth-order valence-corrected chi connectivity index (χ4v) is 3.24. The van der Waals surface area contributed by atoms with Crippen molar-refractivity contribution in [3.63, 3.8) is 0 Å². The van der Waals surface area contributed by atoms with E-state index < -0.39 is 10.1 Å². The minimum atomic E-state index is -4.31. The summed E-state index contributed by atoms with van der Waals surface area (Å²) in [6.07, 6.45) is 1.51. The number of ether oxygens (including phenoxy) is 1. The van der Waals surface area contributed by atoms with Crippen LogP contribution in [0.1, 0.15) is 5.56 Å². The first-order chi connectivity index (χ1) is 11.8. The normalized spacial score (nSPS) is 11.3. The number of nitriles is 1. The average Bonchev–Trinajstić information content (AvgIpc) is 2.59. The van der Waals surface area contributed by atoms with E-state index in [1.807, 2.05) is 6.07 Å². The molecule has 0 spiro atoms. The van der Waals surface area contributed by atoms with Gasteiger partial charge in [-0.15, -0.1) is 0 Å². The molecular weight excluding hydrogens is 364 g/mol. The maximum atomic E-state index is 11.3. The predicted molar refractivity (Wildman–Crippen MR) is 93.3 cm³/mol. The number of nitrogens with zero attached hydrogens (tertiary/aromatic N) is 2. The largest absolute Gasteiger partial charge is 0.496 e. The Morgan fingerprint density at radius 3 is 2.64 bits per heavy atom. The number of hydrogen-bond acceptors (Lipinski definition) is 5. The van der Waals surface area contributed by atoms with E-state index in [2.05, 4.69) is 4.98 Å². The highest BCUT2D eigenvalue weighted by molar-refractivity contribution is 7.85. The van der Waals surface area contributed by atoms with Gasteiger partial charge in [0.15, 0.2) is 0 Å². The van der Waals surface area contributed by atoms with Crippen LogP contribution < -0.4 is 4.74 Å². The predicted octanol–water partition coefficient (Wildman–Crippen LogP) is 3.68. The van der Waals surface area contributed by atoms with Crippen LogP contribution in [0.25, 0.3) is 22.0 Å². The van der Waals surface area contributed by atoms with E-state index in [9.17, 15) is 18.2 Å². The third-order valence-electron chi connectivity index (χ3n) is 3.70. The molecule has 6 nitrogen and oxygen atoms in total. The Kier molecular flexibility index (Phi) is 4.35. The smallest absolute Gasteiger partial charge is 0.294 e. The highest BCUT2D eigenvalue weighted by atomic mass is 35.5. The molecule has 0 unspecified atom stereocenters. The molecule has 126 valence electrons. The molecule has 1 heterocycles. The topological polar surface area (TPSA) is 100 Å². The first-order valence-electron chi connectivity index (χ1n) is 6.99. The molecule has 0 fully saturated rings. The van der Waals surface area contributed by atoms with E-state index in [1.165, 1.54) is 31.5 Å². The number of fused-ring (bicyclic) bond motifs is 1. The van der Waals surface area contributed by atoms with Crippen molar-refractivity contribution < 1.29 is 17.7 Å². The third-order valence-corrected chi connectivity index (χ3v) is 4.86. The molecule has 1 N–H and O–H groups in total. The Morgan fingerprint density at radius 1 is 1.24 bits per heavy atom. The molecule has 1 aromatic heterocycles. The van der Waals surface area contributed by atoms with Crippen LogP contribution in [0.4, 0.5) is 0 Å². The van der Waals surface area contributed by atoms with Gasteiger partial charge in [0.25, 0.3) is 10.1 Å². The summed E-state index contributed by atoms with van der Waals surface area (Å²) in [6, 6.07) is 10.9. The van der Waals surface area contributed by atoms with Crippen LogP contribution in [-0.4, -0.2) is 25.1 Å². The summed E-state index contributed by atoms with van der Waals surface area (Å²) < 4.78 is 37.2. The molecule has 0 aliphatic heterocycles. The van der Waals surface area contributed by atoms with Gasteiger partial charge in [-0.1, -0.05) is 17.7 Å². The van der Waals surface area contributed by atoms with Crippen LogP contribution in [0.2, 0.25) is 5.02 Å². The van der Waals surface area contributed by atoms with Gasteiger partial charge < -0.3 is 4.74 Å². The zero-order chi connectivity index (χ0) is 18.2. The molecule has 0 amide bonds. The monoisotopic (exact) mass is 374 g/mol. The number of methoxy groups -OCH3 is 1. The van der Waals surface area contributed by atoms with Gasteiger partial charge in [-0.25, -0.2) is 0 Å². The molecule has 3 rings (SSSR count). The first kappa shape index (κ1) is 17.2. The molecule has 0 radical (unpaired) electrons. The molecule has 0 saturated heterocycles. The lowest BCUT2D eigenvalue weighted by molar-refractivity contribution is 0.416. The summed E-state index contributed by atoms with van der Waals surface area (Å²) in [5.41, 5.74) is 1.32. The van der Waals surface area contributed by atoms with Crippen LogP contribution in [0.5, 0.6) is 5.75 Å². The van der Waals surface area contributed by atoms with Gasteiger partial charge in [-0.05, 0) is 29.7 Å². The highest BCUT2D eigenvalue weighted by Crippen LogP contribution is 2.37. The molecule has 3 aromatic rings. The zero-order valence-electron chi connectivity index (χ0n) is 12.9. The summed E-state index contributed by atoms with van der Waals surface area (Å²) in [6.45, 7) is 0.